The Hall–Kier alpha value is -4.26. The van der Waals surface area contributed by atoms with Crippen molar-refractivity contribution in [2.45, 2.75) is 13.1 Å². The largest absolute Gasteiger partial charge is 0.325 e. The highest BCUT2D eigenvalue weighted by Gasteiger charge is 2.19. The van der Waals surface area contributed by atoms with Crippen LogP contribution < -0.4 is 10.9 Å². The van der Waals surface area contributed by atoms with Crippen molar-refractivity contribution in [2.75, 3.05) is 5.32 Å². The maximum Gasteiger partial charge on any atom is 0.278 e. The number of benzene rings is 3. The summed E-state index contributed by atoms with van der Waals surface area (Å²) in [5.41, 5.74) is 2.54. The lowest BCUT2D eigenvalue weighted by atomic mass is 10.2. The van der Waals surface area contributed by atoms with Crippen molar-refractivity contribution < 1.29 is 9.18 Å². The molecule has 2 heterocycles. The highest BCUT2D eigenvalue weighted by atomic mass is 19.1. The van der Waals surface area contributed by atoms with Gasteiger partial charge < -0.3 is 9.88 Å². The normalized spacial score (nSPS) is 11.2. The summed E-state index contributed by atoms with van der Waals surface area (Å²) in [6.07, 6.45) is 1.47. The van der Waals surface area contributed by atoms with Gasteiger partial charge in [0.2, 0.25) is 5.91 Å². The molecule has 5 rings (SSSR count). The van der Waals surface area contributed by atoms with Crippen molar-refractivity contribution in [3.8, 4) is 0 Å². The van der Waals surface area contributed by atoms with E-state index >= 15 is 0 Å². The van der Waals surface area contributed by atoms with Crippen molar-refractivity contribution >= 4 is 33.5 Å². The maximum atomic E-state index is 14.0. The Kier molecular flexibility index (Phi) is 4.99. The van der Waals surface area contributed by atoms with Crippen LogP contribution in [0.1, 0.15) is 5.56 Å². The molecule has 158 valence electrons. The van der Waals surface area contributed by atoms with Crippen LogP contribution in [0.15, 0.2) is 90.0 Å². The summed E-state index contributed by atoms with van der Waals surface area (Å²) in [5, 5.41) is 3.33. The van der Waals surface area contributed by atoms with Crippen LogP contribution in [-0.4, -0.2) is 20.0 Å². The Balaban J connectivity index is 1.62. The SMILES string of the molecule is O=C(Cn1c2ccc(F)cc2c2ncn(Cc3ccccc3)c(=O)c21)Nc1ccccc1. The van der Waals surface area contributed by atoms with Crippen molar-refractivity contribution in [2.24, 2.45) is 0 Å². The molecule has 0 aliphatic rings. The summed E-state index contributed by atoms with van der Waals surface area (Å²) < 4.78 is 17.1. The summed E-state index contributed by atoms with van der Waals surface area (Å²) in [5.74, 6) is -0.724. The zero-order valence-corrected chi connectivity index (χ0v) is 17.0. The van der Waals surface area contributed by atoms with E-state index in [1.807, 2.05) is 48.5 Å². The van der Waals surface area contributed by atoms with Gasteiger partial charge in [-0.15, -0.1) is 0 Å². The number of carbonyl (C=O) groups excluding carboxylic acids is 1. The lowest BCUT2D eigenvalue weighted by Crippen LogP contribution is -2.25. The fourth-order valence-corrected chi connectivity index (χ4v) is 3.90. The fourth-order valence-electron chi connectivity index (χ4n) is 3.90. The first-order valence-corrected chi connectivity index (χ1v) is 10.2. The molecule has 3 aromatic carbocycles. The van der Waals surface area contributed by atoms with Crippen molar-refractivity contribution in [1.82, 2.24) is 14.1 Å². The molecule has 6 nitrogen and oxygen atoms in total. The monoisotopic (exact) mass is 426 g/mol. The van der Waals surface area contributed by atoms with E-state index in [2.05, 4.69) is 10.3 Å². The fraction of sp³-hybridized carbons (Fsp3) is 0.0800. The highest BCUT2D eigenvalue weighted by molar-refractivity contribution is 6.06. The molecule has 0 fully saturated rings. The molecular formula is C25H19FN4O2. The van der Waals surface area contributed by atoms with Crippen LogP contribution in [0.2, 0.25) is 0 Å². The minimum absolute atomic E-state index is 0.104. The standard InChI is InChI=1S/C25H19FN4O2/c26-18-11-12-21-20(13-18)23-24(30(21)15-22(31)28-19-9-5-2-6-10-19)25(32)29(16-27-23)14-17-7-3-1-4-8-17/h1-13,16H,14-15H2,(H,28,31). The summed E-state index contributed by atoms with van der Waals surface area (Å²) in [4.78, 5) is 30.7. The van der Waals surface area contributed by atoms with Gasteiger partial charge in [-0.2, -0.15) is 0 Å². The third kappa shape index (κ3) is 3.65. The second-order valence-corrected chi connectivity index (χ2v) is 7.52. The van der Waals surface area contributed by atoms with Crippen molar-refractivity contribution in [3.05, 3.63) is 107 Å². The summed E-state index contributed by atoms with van der Waals surface area (Å²) in [7, 11) is 0. The van der Waals surface area contributed by atoms with E-state index in [0.717, 1.165) is 5.56 Å². The van der Waals surface area contributed by atoms with Gasteiger partial charge >= 0.3 is 0 Å². The van der Waals surface area contributed by atoms with Crippen LogP contribution in [0.5, 0.6) is 0 Å². The van der Waals surface area contributed by atoms with Crippen LogP contribution in [0.4, 0.5) is 10.1 Å². The number of fused-ring (bicyclic) bond motifs is 3. The number of nitrogens with one attached hydrogen (secondary N) is 1. The lowest BCUT2D eigenvalue weighted by molar-refractivity contribution is -0.116. The van der Waals surface area contributed by atoms with Gasteiger partial charge in [0.1, 0.15) is 23.4 Å². The first-order valence-electron chi connectivity index (χ1n) is 10.2. The van der Waals surface area contributed by atoms with E-state index in [-0.39, 0.29) is 23.5 Å². The first-order chi connectivity index (χ1) is 15.6. The Morgan fingerprint density at radius 1 is 0.969 bits per heavy atom. The van der Waals surface area contributed by atoms with Crippen LogP contribution in [-0.2, 0) is 17.9 Å². The number of para-hydroxylation sites is 1. The topological polar surface area (TPSA) is 68.9 Å². The van der Waals surface area contributed by atoms with Crippen molar-refractivity contribution in [1.29, 1.82) is 0 Å². The average Bonchev–Trinajstić information content (AvgIpc) is 3.10. The predicted molar refractivity (Wildman–Crippen MR) is 122 cm³/mol. The number of rotatable bonds is 5. The molecule has 7 heteroatoms. The predicted octanol–water partition coefficient (Wildman–Crippen LogP) is 4.18. The molecule has 0 radical (unpaired) electrons. The minimum Gasteiger partial charge on any atom is -0.325 e. The number of anilines is 1. The molecule has 0 spiro atoms. The first kappa shape index (κ1) is 19.7. The van der Waals surface area contributed by atoms with Crippen LogP contribution in [0.3, 0.4) is 0 Å². The molecule has 0 saturated heterocycles. The van der Waals surface area contributed by atoms with Crippen LogP contribution in [0.25, 0.3) is 21.9 Å². The maximum absolute atomic E-state index is 14.0. The number of carbonyl (C=O) groups is 1. The quantitative estimate of drug-likeness (QED) is 0.459. The van der Waals surface area contributed by atoms with E-state index in [4.69, 9.17) is 0 Å². The van der Waals surface area contributed by atoms with Gasteiger partial charge in [0.05, 0.1) is 18.4 Å². The zero-order valence-electron chi connectivity index (χ0n) is 17.0. The molecule has 0 bridgehead atoms. The van der Waals surface area contributed by atoms with Gasteiger partial charge in [0.25, 0.3) is 5.56 Å². The van der Waals surface area contributed by atoms with Gasteiger partial charge in [-0.25, -0.2) is 9.37 Å². The molecule has 0 aliphatic carbocycles. The van der Waals surface area contributed by atoms with E-state index in [1.54, 1.807) is 22.8 Å². The minimum atomic E-state index is -0.430. The number of hydrogen-bond donors (Lipinski definition) is 1. The number of amides is 1. The Morgan fingerprint density at radius 2 is 1.69 bits per heavy atom. The molecule has 1 N–H and O–H groups in total. The Morgan fingerprint density at radius 3 is 2.44 bits per heavy atom. The third-order valence-corrected chi connectivity index (χ3v) is 5.34. The highest BCUT2D eigenvalue weighted by Crippen LogP contribution is 2.26. The van der Waals surface area contributed by atoms with E-state index in [1.165, 1.54) is 23.0 Å². The van der Waals surface area contributed by atoms with Crippen LogP contribution >= 0.6 is 0 Å². The summed E-state index contributed by atoms with van der Waals surface area (Å²) in [6, 6.07) is 22.9. The molecule has 0 atom stereocenters. The third-order valence-electron chi connectivity index (χ3n) is 5.34. The average molecular weight is 426 g/mol. The number of halogens is 1. The zero-order chi connectivity index (χ0) is 22.1. The van der Waals surface area contributed by atoms with Crippen LogP contribution in [0, 0.1) is 5.82 Å². The Bertz CT molecular complexity index is 1490. The Labute approximate surface area is 182 Å². The van der Waals surface area contributed by atoms with Crippen molar-refractivity contribution in [3.63, 3.8) is 0 Å². The van der Waals surface area contributed by atoms with E-state index in [9.17, 15) is 14.0 Å². The van der Waals surface area contributed by atoms with Gasteiger partial charge in [-0.1, -0.05) is 48.5 Å². The van der Waals surface area contributed by atoms with Gasteiger partial charge in [-0.3, -0.25) is 14.2 Å². The van der Waals surface area contributed by atoms with Gasteiger partial charge in [-0.05, 0) is 35.9 Å². The smallest absolute Gasteiger partial charge is 0.278 e. The molecule has 0 saturated carbocycles. The molecule has 0 unspecified atom stereocenters. The van der Waals surface area contributed by atoms with Gasteiger partial charge in [0, 0.05) is 11.1 Å². The second-order valence-electron chi connectivity index (χ2n) is 7.52. The lowest BCUT2D eigenvalue weighted by Gasteiger charge is -2.10. The summed E-state index contributed by atoms with van der Waals surface area (Å²) >= 11 is 0. The van der Waals surface area contributed by atoms with E-state index < -0.39 is 5.82 Å². The molecule has 1 amide bonds. The molecule has 2 aromatic heterocycles. The second kappa shape index (κ2) is 8.11. The molecular weight excluding hydrogens is 407 g/mol. The number of aromatic nitrogens is 3. The summed E-state index contributed by atoms with van der Waals surface area (Å²) in [6.45, 7) is 0.238. The molecule has 0 aliphatic heterocycles. The van der Waals surface area contributed by atoms with E-state index in [0.29, 0.717) is 28.7 Å². The van der Waals surface area contributed by atoms with Gasteiger partial charge in [0.15, 0.2) is 0 Å². The number of hydrogen-bond acceptors (Lipinski definition) is 3. The number of nitrogens with zero attached hydrogens (tertiary/aromatic N) is 3. The molecule has 5 aromatic rings. The molecule has 32 heavy (non-hydrogen) atoms.